The average molecular weight is 329 g/mol. The molecule has 1 rings (SSSR count). The van der Waals surface area contributed by atoms with Gasteiger partial charge in [-0.05, 0) is 24.3 Å². The molecule has 5 nitrogen and oxygen atoms in total. The van der Waals surface area contributed by atoms with Gasteiger partial charge in [0.2, 0.25) is 0 Å². The molecule has 0 saturated carbocycles. The van der Waals surface area contributed by atoms with Gasteiger partial charge in [0.15, 0.2) is 0 Å². The maximum absolute atomic E-state index is 13.4. The van der Waals surface area contributed by atoms with Crippen molar-refractivity contribution in [1.82, 2.24) is 14.4 Å². The molecule has 1 N–H and O–H groups in total. The summed E-state index contributed by atoms with van der Waals surface area (Å²) in [5.74, 6) is -0.866. The number of hydrogen-bond acceptors (Lipinski definition) is 2. The Balaban J connectivity index is 3.09. The Morgan fingerprint density at radius 2 is 1.41 bits per heavy atom. The van der Waals surface area contributed by atoms with Crippen molar-refractivity contribution in [2.24, 2.45) is 0 Å². The number of carbonyl (C=O) groups excluding carboxylic acids is 1. The van der Waals surface area contributed by atoms with Crippen molar-refractivity contribution in [3.8, 4) is 0 Å². The molecule has 0 radical (unpaired) electrons. The van der Waals surface area contributed by atoms with E-state index in [4.69, 9.17) is 0 Å². The first kappa shape index (κ1) is 18.8. The summed E-state index contributed by atoms with van der Waals surface area (Å²) in [5, 5.41) is 2.68. The zero-order chi connectivity index (χ0) is 16.8. The SMILES string of the molecule is CCN(CC)P(=O)(NC(=O)c1ccc(F)cc1)N(CC)CC. The summed E-state index contributed by atoms with van der Waals surface area (Å²) in [6, 6.07) is 5.21. The summed E-state index contributed by atoms with van der Waals surface area (Å²) < 4.78 is 29.9. The zero-order valence-electron chi connectivity index (χ0n) is 13.7. The predicted molar refractivity (Wildman–Crippen MR) is 87.3 cm³/mol. The third-order valence-electron chi connectivity index (χ3n) is 3.58. The number of benzene rings is 1. The molecular weight excluding hydrogens is 304 g/mol. The normalized spacial score (nSPS) is 12.0. The minimum atomic E-state index is -3.20. The number of halogens is 1. The first-order valence-electron chi connectivity index (χ1n) is 7.61. The van der Waals surface area contributed by atoms with Gasteiger partial charge in [-0.15, -0.1) is 0 Å². The van der Waals surface area contributed by atoms with Crippen LogP contribution in [0.3, 0.4) is 0 Å². The summed E-state index contributed by atoms with van der Waals surface area (Å²) in [6.45, 7) is 9.88. The lowest BCUT2D eigenvalue weighted by Crippen LogP contribution is -2.40. The van der Waals surface area contributed by atoms with Crippen molar-refractivity contribution in [2.75, 3.05) is 26.2 Å². The molecule has 0 aromatic heterocycles. The van der Waals surface area contributed by atoms with E-state index in [-0.39, 0.29) is 0 Å². The second-order valence-electron chi connectivity index (χ2n) is 4.77. The van der Waals surface area contributed by atoms with E-state index in [1.165, 1.54) is 24.3 Å². The van der Waals surface area contributed by atoms with Crippen LogP contribution in [-0.2, 0) is 4.57 Å². The summed E-state index contributed by atoms with van der Waals surface area (Å²) in [7, 11) is -3.20. The van der Waals surface area contributed by atoms with Gasteiger partial charge in [-0.2, -0.15) is 0 Å². The first-order chi connectivity index (χ1) is 10.4. The highest BCUT2D eigenvalue weighted by atomic mass is 31.2. The molecule has 7 heteroatoms. The molecule has 0 aliphatic heterocycles. The summed E-state index contributed by atoms with van der Waals surface area (Å²) in [6.07, 6.45) is 0. The van der Waals surface area contributed by atoms with Gasteiger partial charge >= 0.3 is 7.59 Å². The fourth-order valence-corrected chi connectivity index (χ4v) is 4.90. The molecule has 0 unspecified atom stereocenters. The van der Waals surface area contributed by atoms with Gasteiger partial charge < -0.3 is 0 Å². The van der Waals surface area contributed by atoms with E-state index in [9.17, 15) is 13.8 Å². The van der Waals surface area contributed by atoms with Gasteiger partial charge in [0, 0.05) is 31.7 Å². The molecule has 1 amide bonds. The van der Waals surface area contributed by atoms with Crippen LogP contribution >= 0.6 is 7.59 Å². The van der Waals surface area contributed by atoms with Gasteiger partial charge in [0.05, 0.1) is 0 Å². The molecule has 124 valence electrons. The van der Waals surface area contributed by atoms with E-state index in [1.54, 1.807) is 9.34 Å². The fraction of sp³-hybridized carbons (Fsp3) is 0.533. The third-order valence-corrected chi connectivity index (χ3v) is 6.74. The monoisotopic (exact) mass is 329 g/mol. The van der Waals surface area contributed by atoms with Crippen molar-refractivity contribution >= 4 is 13.5 Å². The van der Waals surface area contributed by atoms with E-state index in [0.29, 0.717) is 31.7 Å². The number of amides is 1. The van der Waals surface area contributed by atoms with Crippen LogP contribution < -0.4 is 5.09 Å². The molecule has 0 saturated heterocycles. The van der Waals surface area contributed by atoms with Crippen LogP contribution in [0.1, 0.15) is 38.1 Å². The minimum Gasteiger partial charge on any atom is -0.279 e. The minimum absolute atomic E-state index is 0.293. The first-order valence-corrected chi connectivity index (χ1v) is 9.23. The van der Waals surface area contributed by atoms with E-state index in [1.807, 2.05) is 27.7 Å². The maximum Gasteiger partial charge on any atom is 0.310 e. The second kappa shape index (κ2) is 8.42. The van der Waals surface area contributed by atoms with Crippen LogP contribution in [0.15, 0.2) is 24.3 Å². The number of nitrogens with one attached hydrogen (secondary N) is 1. The van der Waals surface area contributed by atoms with Gasteiger partial charge in [0.1, 0.15) is 5.82 Å². The van der Waals surface area contributed by atoms with Gasteiger partial charge in [-0.1, -0.05) is 27.7 Å². The third kappa shape index (κ3) is 4.15. The quantitative estimate of drug-likeness (QED) is 0.743. The molecule has 0 spiro atoms. The van der Waals surface area contributed by atoms with Crippen molar-refractivity contribution in [2.45, 2.75) is 27.7 Å². The summed E-state index contributed by atoms with van der Waals surface area (Å²) in [4.78, 5) is 12.4. The summed E-state index contributed by atoms with van der Waals surface area (Å²) >= 11 is 0. The lowest BCUT2D eigenvalue weighted by molar-refractivity contribution is 0.0974. The Kier molecular flexibility index (Phi) is 7.20. The van der Waals surface area contributed by atoms with Crippen molar-refractivity contribution in [3.63, 3.8) is 0 Å². The lowest BCUT2D eigenvalue weighted by Gasteiger charge is -2.37. The highest BCUT2D eigenvalue weighted by Gasteiger charge is 2.36. The Labute approximate surface area is 132 Å². The molecule has 0 bridgehead atoms. The number of rotatable bonds is 8. The Morgan fingerprint density at radius 3 is 1.77 bits per heavy atom. The Hall–Kier alpha value is -1.23. The van der Waals surface area contributed by atoms with Crippen LogP contribution in [0.5, 0.6) is 0 Å². The average Bonchev–Trinajstić information content (AvgIpc) is 2.50. The molecule has 22 heavy (non-hydrogen) atoms. The Bertz CT molecular complexity index is 512. The van der Waals surface area contributed by atoms with Crippen LogP contribution in [0.2, 0.25) is 0 Å². The second-order valence-corrected chi connectivity index (χ2v) is 7.21. The summed E-state index contributed by atoms with van der Waals surface area (Å²) in [5.41, 5.74) is 0.293. The smallest absolute Gasteiger partial charge is 0.279 e. The number of hydrogen-bond donors (Lipinski definition) is 1. The highest BCUT2D eigenvalue weighted by Crippen LogP contribution is 2.48. The van der Waals surface area contributed by atoms with Crippen LogP contribution in [0.25, 0.3) is 0 Å². The van der Waals surface area contributed by atoms with Crippen LogP contribution in [0.4, 0.5) is 4.39 Å². The van der Waals surface area contributed by atoms with Crippen molar-refractivity contribution < 1.29 is 13.8 Å². The predicted octanol–water partition coefficient (Wildman–Crippen LogP) is 3.35. The van der Waals surface area contributed by atoms with Crippen LogP contribution in [-0.4, -0.2) is 41.4 Å². The fourth-order valence-electron chi connectivity index (χ4n) is 2.33. The molecule has 0 atom stereocenters. The van der Waals surface area contributed by atoms with Gasteiger partial charge in [-0.3, -0.25) is 14.4 Å². The van der Waals surface area contributed by atoms with Gasteiger partial charge in [-0.25, -0.2) is 13.7 Å². The molecule has 0 fully saturated rings. The van der Waals surface area contributed by atoms with Crippen molar-refractivity contribution in [3.05, 3.63) is 35.6 Å². The lowest BCUT2D eigenvalue weighted by atomic mass is 10.2. The maximum atomic E-state index is 13.4. The standard InChI is InChI=1S/C15H25FN3O2P/c1-5-18(6-2)22(21,19(7-3)8-4)17-15(20)13-9-11-14(16)12-10-13/h9-12H,5-8H2,1-4H3,(H,17,20,21). The highest BCUT2D eigenvalue weighted by molar-refractivity contribution is 7.57. The molecular formula is C15H25FN3O2P. The van der Waals surface area contributed by atoms with E-state index in [0.717, 1.165) is 0 Å². The van der Waals surface area contributed by atoms with Crippen LogP contribution in [0, 0.1) is 5.82 Å². The number of nitrogens with zero attached hydrogens (tertiary/aromatic N) is 2. The Morgan fingerprint density at radius 1 is 1.00 bits per heavy atom. The van der Waals surface area contributed by atoms with E-state index >= 15 is 0 Å². The molecule has 0 heterocycles. The zero-order valence-corrected chi connectivity index (χ0v) is 14.6. The van der Waals surface area contributed by atoms with Gasteiger partial charge in [0.25, 0.3) is 5.91 Å². The molecule has 1 aromatic rings. The molecule has 0 aliphatic rings. The van der Waals surface area contributed by atoms with E-state index < -0.39 is 19.3 Å². The molecule has 0 aliphatic carbocycles. The van der Waals surface area contributed by atoms with E-state index in [2.05, 4.69) is 5.09 Å². The van der Waals surface area contributed by atoms with Crippen molar-refractivity contribution in [1.29, 1.82) is 0 Å². The molecule has 1 aromatic carbocycles. The topological polar surface area (TPSA) is 52.7 Å². The number of carbonyl (C=O) groups is 1. The largest absolute Gasteiger partial charge is 0.310 e.